The number of aryl methyl sites for hydroxylation is 1. The molecule has 2 aromatic rings. The van der Waals surface area contributed by atoms with Crippen LogP contribution in [0.3, 0.4) is 0 Å². The molecule has 1 amide bonds. The van der Waals surface area contributed by atoms with Crippen molar-refractivity contribution in [3.63, 3.8) is 0 Å². The molecule has 0 spiro atoms. The molecule has 2 rings (SSSR count). The molecule has 0 saturated carbocycles. The number of carbonyl (C=O) groups excluding carboxylic acids is 1. The lowest BCUT2D eigenvalue weighted by Gasteiger charge is -2.21. The first-order valence-electron chi connectivity index (χ1n) is 7.81. The van der Waals surface area contributed by atoms with Gasteiger partial charge < -0.3 is 4.90 Å². The van der Waals surface area contributed by atoms with Gasteiger partial charge in [-0.15, -0.1) is 0 Å². The predicted molar refractivity (Wildman–Crippen MR) is 89.0 cm³/mol. The van der Waals surface area contributed by atoms with E-state index in [1.165, 1.54) is 0 Å². The monoisotopic (exact) mass is 299 g/mol. The highest BCUT2D eigenvalue weighted by Crippen LogP contribution is 2.20. The molecular formula is C18H25N3O. The molecule has 4 nitrogen and oxygen atoms in total. The Morgan fingerprint density at radius 1 is 1.27 bits per heavy atom. The van der Waals surface area contributed by atoms with E-state index in [9.17, 15) is 4.79 Å². The van der Waals surface area contributed by atoms with Gasteiger partial charge in [-0.3, -0.25) is 4.79 Å². The predicted octanol–water partition coefficient (Wildman–Crippen LogP) is 3.49. The van der Waals surface area contributed by atoms with E-state index in [4.69, 9.17) is 0 Å². The minimum Gasteiger partial charge on any atom is -0.341 e. The van der Waals surface area contributed by atoms with Crippen LogP contribution in [-0.4, -0.2) is 27.6 Å². The van der Waals surface area contributed by atoms with Crippen molar-refractivity contribution < 1.29 is 4.79 Å². The largest absolute Gasteiger partial charge is 0.341 e. The average Bonchev–Trinajstić information content (AvgIpc) is 2.82. The molecule has 0 aliphatic rings. The van der Waals surface area contributed by atoms with Crippen LogP contribution in [-0.2, 0) is 11.3 Å². The van der Waals surface area contributed by atoms with Crippen molar-refractivity contribution in [2.75, 3.05) is 7.05 Å². The van der Waals surface area contributed by atoms with Crippen LogP contribution in [0.1, 0.15) is 37.2 Å². The summed E-state index contributed by atoms with van der Waals surface area (Å²) in [6.07, 6.45) is 0.865. The third kappa shape index (κ3) is 3.21. The molecule has 1 atom stereocenters. The second-order valence-corrected chi connectivity index (χ2v) is 5.90. The second kappa shape index (κ2) is 6.77. The Balaban J connectivity index is 2.26. The molecule has 0 aliphatic carbocycles. The van der Waals surface area contributed by atoms with Crippen molar-refractivity contribution in [1.82, 2.24) is 14.7 Å². The molecule has 1 heterocycles. The minimum atomic E-state index is 0.0646. The van der Waals surface area contributed by atoms with Gasteiger partial charge in [0.1, 0.15) is 0 Å². The molecule has 0 saturated heterocycles. The van der Waals surface area contributed by atoms with Crippen molar-refractivity contribution in [3.8, 4) is 5.69 Å². The van der Waals surface area contributed by atoms with E-state index in [0.717, 1.165) is 29.1 Å². The zero-order valence-electron chi connectivity index (χ0n) is 14.1. The highest BCUT2D eigenvalue weighted by Gasteiger charge is 2.19. The molecule has 0 N–H and O–H groups in total. The van der Waals surface area contributed by atoms with Crippen LogP contribution >= 0.6 is 0 Å². The number of aromatic nitrogens is 2. The zero-order valence-corrected chi connectivity index (χ0v) is 14.1. The molecular weight excluding hydrogens is 274 g/mol. The zero-order chi connectivity index (χ0) is 16.3. The quantitative estimate of drug-likeness (QED) is 0.847. The third-order valence-electron chi connectivity index (χ3n) is 4.25. The second-order valence-electron chi connectivity index (χ2n) is 5.90. The Morgan fingerprint density at radius 3 is 2.50 bits per heavy atom. The summed E-state index contributed by atoms with van der Waals surface area (Å²) in [6, 6.07) is 10.1. The van der Waals surface area contributed by atoms with Gasteiger partial charge in [0.15, 0.2) is 0 Å². The average molecular weight is 299 g/mol. The van der Waals surface area contributed by atoms with Crippen LogP contribution < -0.4 is 0 Å². The van der Waals surface area contributed by atoms with Crippen LogP contribution in [0.15, 0.2) is 30.3 Å². The molecule has 0 aliphatic heterocycles. The van der Waals surface area contributed by atoms with Crippen molar-refractivity contribution >= 4 is 5.91 Å². The summed E-state index contributed by atoms with van der Waals surface area (Å²) in [4.78, 5) is 14.1. The maximum Gasteiger partial charge on any atom is 0.225 e. The SMILES string of the molecule is CCC(C)C(=O)N(C)Cc1c(C)nn(-c2ccccc2)c1C. The van der Waals surface area contributed by atoms with E-state index in [2.05, 4.69) is 12.0 Å². The molecule has 1 aromatic heterocycles. The normalized spacial score (nSPS) is 12.2. The Hall–Kier alpha value is -2.10. The van der Waals surface area contributed by atoms with Gasteiger partial charge in [-0.1, -0.05) is 32.0 Å². The number of rotatable bonds is 5. The van der Waals surface area contributed by atoms with Gasteiger partial charge in [-0.05, 0) is 32.4 Å². The van der Waals surface area contributed by atoms with Crippen molar-refractivity contribution in [2.24, 2.45) is 5.92 Å². The van der Waals surface area contributed by atoms with Gasteiger partial charge >= 0.3 is 0 Å². The van der Waals surface area contributed by atoms with Crippen molar-refractivity contribution in [1.29, 1.82) is 0 Å². The Kier molecular flexibility index (Phi) is 5.01. The van der Waals surface area contributed by atoms with Gasteiger partial charge in [0.05, 0.1) is 11.4 Å². The number of carbonyl (C=O) groups is 1. The molecule has 0 bridgehead atoms. The van der Waals surface area contributed by atoms with Gasteiger partial charge in [-0.2, -0.15) is 5.10 Å². The van der Waals surface area contributed by atoms with Gasteiger partial charge in [-0.25, -0.2) is 4.68 Å². The van der Waals surface area contributed by atoms with Gasteiger partial charge in [0, 0.05) is 30.8 Å². The third-order valence-corrected chi connectivity index (χ3v) is 4.25. The number of hydrogen-bond acceptors (Lipinski definition) is 2. The van der Waals surface area contributed by atoms with Crippen LogP contribution in [0.25, 0.3) is 5.69 Å². The summed E-state index contributed by atoms with van der Waals surface area (Å²) < 4.78 is 1.95. The van der Waals surface area contributed by atoms with Crippen LogP contribution in [0.2, 0.25) is 0 Å². The first-order chi connectivity index (χ1) is 10.5. The van der Waals surface area contributed by atoms with E-state index in [1.807, 2.05) is 62.8 Å². The van der Waals surface area contributed by atoms with E-state index in [1.54, 1.807) is 4.90 Å². The molecule has 0 radical (unpaired) electrons. The molecule has 4 heteroatoms. The lowest BCUT2D eigenvalue weighted by atomic mass is 10.1. The summed E-state index contributed by atoms with van der Waals surface area (Å²) in [5, 5.41) is 4.64. The van der Waals surface area contributed by atoms with Crippen LogP contribution in [0.5, 0.6) is 0 Å². The topological polar surface area (TPSA) is 38.1 Å². The summed E-state index contributed by atoms with van der Waals surface area (Å²) in [5.74, 6) is 0.253. The first-order valence-corrected chi connectivity index (χ1v) is 7.81. The maximum atomic E-state index is 12.3. The molecule has 0 fully saturated rings. The maximum absolute atomic E-state index is 12.3. The smallest absolute Gasteiger partial charge is 0.225 e. The fraction of sp³-hybridized carbons (Fsp3) is 0.444. The Morgan fingerprint density at radius 2 is 1.91 bits per heavy atom. The number of hydrogen-bond donors (Lipinski definition) is 0. The highest BCUT2D eigenvalue weighted by atomic mass is 16.2. The van der Waals surface area contributed by atoms with Gasteiger partial charge in [0.25, 0.3) is 0 Å². The molecule has 118 valence electrons. The van der Waals surface area contributed by atoms with Crippen molar-refractivity contribution in [2.45, 2.75) is 40.7 Å². The van der Waals surface area contributed by atoms with Crippen LogP contribution in [0, 0.1) is 19.8 Å². The van der Waals surface area contributed by atoms with Gasteiger partial charge in [0.2, 0.25) is 5.91 Å². The Labute approximate surface area is 132 Å². The van der Waals surface area contributed by atoms with E-state index >= 15 is 0 Å². The number of para-hydroxylation sites is 1. The summed E-state index contributed by atoms with van der Waals surface area (Å²) in [7, 11) is 1.87. The number of amides is 1. The summed E-state index contributed by atoms with van der Waals surface area (Å²) in [5.41, 5.74) is 4.24. The summed E-state index contributed by atoms with van der Waals surface area (Å²) >= 11 is 0. The minimum absolute atomic E-state index is 0.0646. The number of nitrogens with zero attached hydrogens (tertiary/aromatic N) is 3. The fourth-order valence-corrected chi connectivity index (χ4v) is 2.59. The molecule has 1 unspecified atom stereocenters. The number of benzene rings is 1. The fourth-order valence-electron chi connectivity index (χ4n) is 2.59. The van der Waals surface area contributed by atoms with Crippen LogP contribution in [0.4, 0.5) is 0 Å². The van der Waals surface area contributed by atoms with E-state index in [-0.39, 0.29) is 11.8 Å². The van der Waals surface area contributed by atoms with E-state index < -0.39 is 0 Å². The summed E-state index contributed by atoms with van der Waals surface area (Å²) in [6.45, 7) is 8.69. The lowest BCUT2D eigenvalue weighted by molar-refractivity contribution is -0.134. The molecule has 22 heavy (non-hydrogen) atoms. The first kappa shape index (κ1) is 16.3. The Bertz CT molecular complexity index is 646. The molecule has 1 aromatic carbocycles. The highest BCUT2D eigenvalue weighted by molar-refractivity contribution is 5.78. The van der Waals surface area contributed by atoms with E-state index in [0.29, 0.717) is 6.54 Å². The van der Waals surface area contributed by atoms with Crippen molar-refractivity contribution in [3.05, 3.63) is 47.3 Å². The lowest BCUT2D eigenvalue weighted by Crippen LogP contribution is -2.31. The standard InChI is InChI=1S/C18H25N3O/c1-6-13(2)18(22)20(5)12-17-14(3)19-21(15(17)4)16-10-8-7-9-11-16/h7-11,13H,6,12H2,1-5H3.